The number of ether oxygens (including phenoxy) is 1. The largest absolute Gasteiger partial charge is 0.468 e. The van der Waals surface area contributed by atoms with Crippen LogP contribution in [0.25, 0.3) is 5.69 Å². The molecule has 23 heavy (non-hydrogen) atoms. The fraction of sp³-hybridized carbons (Fsp3) is 0.333. The third-order valence-corrected chi connectivity index (χ3v) is 5.02. The van der Waals surface area contributed by atoms with Gasteiger partial charge in [0.25, 0.3) is 0 Å². The van der Waals surface area contributed by atoms with Crippen molar-refractivity contribution in [3.63, 3.8) is 0 Å². The molecule has 8 heteroatoms. The van der Waals surface area contributed by atoms with Crippen LogP contribution in [0.2, 0.25) is 0 Å². The number of benzene rings is 1. The Labute approximate surface area is 135 Å². The number of rotatable bonds is 7. The molecule has 0 unspecified atom stereocenters. The van der Waals surface area contributed by atoms with Crippen LogP contribution in [-0.4, -0.2) is 48.7 Å². The Balaban J connectivity index is 2.31. The van der Waals surface area contributed by atoms with Crippen molar-refractivity contribution in [2.24, 2.45) is 0 Å². The van der Waals surface area contributed by atoms with Crippen molar-refractivity contribution in [2.75, 3.05) is 20.2 Å². The minimum atomic E-state index is -3.81. The van der Waals surface area contributed by atoms with Crippen LogP contribution in [0.5, 0.6) is 0 Å². The highest BCUT2D eigenvalue weighted by atomic mass is 32.2. The first-order valence-electron chi connectivity index (χ1n) is 7.16. The molecule has 0 saturated carbocycles. The van der Waals surface area contributed by atoms with E-state index >= 15 is 0 Å². The number of sulfonamides is 1. The number of hydrogen-bond donors (Lipinski definition) is 0. The molecular weight excluding hydrogens is 318 g/mol. The van der Waals surface area contributed by atoms with Crippen LogP contribution in [0.3, 0.4) is 0 Å². The fourth-order valence-electron chi connectivity index (χ4n) is 2.05. The summed E-state index contributed by atoms with van der Waals surface area (Å²) in [6.45, 7) is 1.75. The Kier molecular flexibility index (Phi) is 5.51. The van der Waals surface area contributed by atoms with E-state index in [9.17, 15) is 13.2 Å². The van der Waals surface area contributed by atoms with Gasteiger partial charge in [0.2, 0.25) is 10.0 Å². The fourth-order valence-corrected chi connectivity index (χ4v) is 3.46. The van der Waals surface area contributed by atoms with Gasteiger partial charge >= 0.3 is 5.97 Å². The van der Waals surface area contributed by atoms with Gasteiger partial charge in [0.05, 0.1) is 25.2 Å². The van der Waals surface area contributed by atoms with Crippen molar-refractivity contribution in [3.8, 4) is 5.69 Å². The average Bonchev–Trinajstić information content (AvgIpc) is 3.06. The highest BCUT2D eigenvalue weighted by molar-refractivity contribution is 7.89. The molecule has 2 aromatic rings. The van der Waals surface area contributed by atoms with Crippen LogP contribution in [0, 0.1) is 0 Å². The van der Waals surface area contributed by atoms with Crippen molar-refractivity contribution in [1.82, 2.24) is 14.1 Å². The average molecular weight is 337 g/mol. The zero-order chi connectivity index (χ0) is 16.9. The highest BCUT2D eigenvalue weighted by Crippen LogP contribution is 2.17. The molecule has 0 bridgehead atoms. The molecule has 1 aromatic carbocycles. The zero-order valence-corrected chi connectivity index (χ0v) is 13.9. The molecule has 7 nitrogen and oxygen atoms in total. The summed E-state index contributed by atoms with van der Waals surface area (Å²) in [7, 11) is -2.58. The van der Waals surface area contributed by atoms with Crippen LogP contribution < -0.4 is 0 Å². The number of nitrogens with zero attached hydrogens (tertiary/aromatic N) is 3. The maximum atomic E-state index is 12.7. The summed E-state index contributed by atoms with van der Waals surface area (Å²) < 4.78 is 32.5. The van der Waals surface area contributed by atoms with Crippen molar-refractivity contribution in [2.45, 2.75) is 18.2 Å². The van der Waals surface area contributed by atoms with Crippen LogP contribution in [0.15, 0.2) is 47.6 Å². The van der Waals surface area contributed by atoms with Crippen molar-refractivity contribution in [1.29, 1.82) is 0 Å². The second kappa shape index (κ2) is 7.38. The molecular formula is C15H19N3O4S. The van der Waals surface area contributed by atoms with Gasteiger partial charge in [-0.15, -0.1) is 0 Å². The Morgan fingerprint density at radius 2 is 2.00 bits per heavy atom. The molecule has 1 heterocycles. The SMILES string of the molecule is CCCN(CC(=O)OC)S(=O)(=O)c1cnn(-c2ccccc2)c1. The molecule has 0 atom stereocenters. The first-order valence-corrected chi connectivity index (χ1v) is 8.60. The zero-order valence-electron chi connectivity index (χ0n) is 13.0. The second-order valence-electron chi connectivity index (χ2n) is 4.87. The van der Waals surface area contributed by atoms with E-state index in [0.717, 1.165) is 9.99 Å². The van der Waals surface area contributed by atoms with E-state index in [2.05, 4.69) is 9.84 Å². The molecule has 0 aliphatic carbocycles. The van der Waals surface area contributed by atoms with E-state index in [-0.39, 0.29) is 18.0 Å². The van der Waals surface area contributed by atoms with E-state index in [1.165, 1.54) is 24.2 Å². The molecule has 0 amide bonds. The van der Waals surface area contributed by atoms with Crippen LogP contribution in [-0.2, 0) is 19.6 Å². The maximum absolute atomic E-state index is 12.7. The quantitative estimate of drug-likeness (QED) is 0.714. The van der Waals surface area contributed by atoms with E-state index in [1.807, 2.05) is 37.3 Å². The summed E-state index contributed by atoms with van der Waals surface area (Å²) in [5.74, 6) is -0.600. The Morgan fingerprint density at radius 1 is 1.30 bits per heavy atom. The van der Waals surface area contributed by atoms with Gasteiger partial charge in [-0.3, -0.25) is 4.79 Å². The number of hydrogen-bond acceptors (Lipinski definition) is 5. The molecule has 0 aliphatic rings. The van der Waals surface area contributed by atoms with E-state index in [4.69, 9.17) is 0 Å². The third kappa shape index (κ3) is 3.96. The van der Waals surface area contributed by atoms with Gasteiger partial charge in [0.1, 0.15) is 11.4 Å². The monoisotopic (exact) mass is 337 g/mol. The van der Waals surface area contributed by atoms with Gasteiger partial charge in [0.15, 0.2) is 0 Å². The van der Waals surface area contributed by atoms with Gasteiger partial charge in [-0.25, -0.2) is 13.1 Å². The molecule has 0 N–H and O–H groups in total. The van der Waals surface area contributed by atoms with Gasteiger partial charge in [0, 0.05) is 6.54 Å². The first-order chi connectivity index (χ1) is 11.0. The number of esters is 1. The van der Waals surface area contributed by atoms with Gasteiger partial charge < -0.3 is 4.74 Å². The molecule has 1 aromatic heterocycles. The van der Waals surface area contributed by atoms with Crippen LogP contribution >= 0.6 is 0 Å². The Morgan fingerprint density at radius 3 is 2.61 bits per heavy atom. The number of aromatic nitrogens is 2. The molecule has 2 rings (SSSR count). The normalized spacial score (nSPS) is 11.6. The van der Waals surface area contributed by atoms with Crippen molar-refractivity contribution < 1.29 is 17.9 Å². The van der Waals surface area contributed by atoms with Crippen LogP contribution in [0.4, 0.5) is 0 Å². The van der Waals surface area contributed by atoms with Crippen molar-refractivity contribution >= 4 is 16.0 Å². The molecule has 0 aliphatic heterocycles. The topological polar surface area (TPSA) is 81.5 Å². The molecule has 124 valence electrons. The standard InChI is InChI=1S/C15H19N3O4S/c1-3-9-17(12-15(19)22-2)23(20,21)14-10-16-18(11-14)13-7-5-4-6-8-13/h4-8,10-11H,3,9,12H2,1-2H3. The minimum Gasteiger partial charge on any atom is -0.468 e. The molecule has 0 saturated heterocycles. The van der Waals surface area contributed by atoms with E-state index < -0.39 is 16.0 Å². The lowest BCUT2D eigenvalue weighted by Crippen LogP contribution is -2.36. The Hall–Kier alpha value is -2.19. The summed E-state index contributed by atoms with van der Waals surface area (Å²) in [5.41, 5.74) is 0.754. The van der Waals surface area contributed by atoms with Gasteiger partial charge in [-0.2, -0.15) is 9.40 Å². The number of carbonyl (C=O) groups excluding carboxylic acids is 1. The number of carbonyl (C=O) groups is 1. The summed E-state index contributed by atoms with van der Waals surface area (Å²) in [6, 6.07) is 9.19. The summed E-state index contributed by atoms with van der Waals surface area (Å²) in [4.78, 5) is 11.5. The first kappa shape index (κ1) is 17.2. The number of methoxy groups -OCH3 is 1. The minimum absolute atomic E-state index is 0.0405. The summed E-state index contributed by atoms with van der Waals surface area (Å²) in [5, 5.41) is 4.09. The summed E-state index contributed by atoms with van der Waals surface area (Å²) in [6.07, 6.45) is 3.30. The van der Waals surface area contributed by atoms with E-state index in [0.29, 0.717) is 6.42 Å². The number of para-hydroxylation sites is 1. The molecule has 0 spiro atoms. The third-order valence-electron chi connectivity index (χ3n) is 3.22. The lowest BCUT2D eigenvalue weighted by molar-refractivity contribution is -0.140. The predicted octanol–water partition coefficient (Wildman–Crippen LogP) is 1.45. The second-order valence-corrected chi connectivity index (χ2v) is 6.81. The lowest BCUT2D eigenvalue weighted by atomic mass is 10.3. The van der Waals surface area contributed by atoms with Crippen molar-refractivity contribution in [3.05, 3.63) is 42.7 Å². The van der Waals surface area contributed by atoms with Gasteiger partial charge in [-0.1, -0.05) is 25.1 Å². The van der Waals surface area contributed by atoms with Gasteiger partial charge in [-0.05, 0) is 18.6 Å². The highest BCUT2D eigenvalue weighted by Gasteiger charge is 2.27. The maximum Gasteiger partial charge on any atom is 0.321 e. The molecule has 0 fully saturated rings. The van der Waals surface area contributed by atoms with E-state index in [1.54, 1.807) is 0 Å². The van der Waals surface area contributed by atoms with Crippen LogP contribution in [0.1, 0.15) is 13.3 Å². The smallest absolute Gasteiger partial charge is 0.321 e. The lowest BCUT2D eigenvalue weighted by Gasteiger charge is -2.19. The summed E-state index contributed by atoms with van der Waals surface area (Å²) >= 11 is 0. The predicted molar refractivity (Wildman–Crippen MR) is 84.6 cm³/mol. The molecule has 0 radical (unpaired) electrons. The Bertz CT molecular complexity index is 756.